The molecule has 0 fully saturated rings. The Labute approximate surface area is 116 Å². The molecule has 20 heavy (non-hydrogen) atoms. The maximum absolute atomic E-state index is 13.4. The number of benzene rings is 2. The van der Waals surface area contributed by atoms with E-state index < -0.39 is 15.8 Å². The van der Waals surface area contributed by atoms with Crippen molar-refractivity contribution in [1.82, 2.24) is 4.72 Å². The fourth-order valence-corrected chi connectivity index (χ4v) is 2.68. The van der Waals surface area contributed by atoms with Gasteiger partial charge in [0.25, 0.3) is 0 Å². The molecule has 0 unspecified atom stereocenters. The van der Waals surface area contributed by atoms with Crippen molar-refractivity contribution in [3.8, 4) is 6.07 Å². The number of nitrogens with one attached hydrogen (secondary N) is 1. The smallest absolute Gasteiger partial charge is 0.207 e. The number of nitrogens with zero attached hydrogens (tertiary/aromatic N) is 1. The predicted molar refractivity (Wildman–Crippen MR) is 71.6 cm³/mol. The summed E-state index contributed by atoms with van der Waals surface area (Å²) in [5.41, 5.74) is 0.506. The SMILES string of the molecule is N#Cc1cccc(S(=O)(=O)NCc2ccccc2F)c1. The summed E-state index contributed by atoms with van der Waals surface area (Å²) in [6, 6.07) is 13.4. The minimum Gasteiger partial charge on any atom is -0.207 e. The first kappa shape index (κ1) is 14.2. The molecule has 0 aromatic heterocycles. The van der Waals surface area contributed by atoms with E-state index in [1.807, 2.05) is 6.07 Å². The van der Waals surface area contributed by atoms with E-state index in [1.54, 1.807) is 6.07 Å². The van der Waals surface area contributed by atoms with Gasteiger partial charge in [-0.1, -0.05) is 24.3 Å². The van der Waals surface area contributed by atoms with Crippen molar-refractivity contribution in [3.05, 3.63) is 65.5 Å². The van der Waals surface area contributed by atoms with E-state index in [0.717, 1.165) is 0 Å². The highest BCUT2D eigenvalue weighted by molar-refractivity contribution is 7.89. The third kappa shape index (κ3) is 3.20. The van der Waals surface area contributed by atoms with Crippen LogP contribution < -0.4 is 4.72 Å². The quantitative estimate of drug-likeness (QED) is 0.938. The molecule has 2 aromatic carbocycles. The van der Waals surface area contributed by atoms with Crippen molar-refractivity contribution >= 4 is 10.0 Å². The molecule has 2 rings (SSSR count). The van der Waals surface area contributed by atoms with E-state index in [0.29, 0.717) is 0 Å². The summed E-state index contributed by atoms with van der Waals surface area (Å²) < 4.78 is 39.8. The Balaban J connectivity index is 2.20. The van der Waals surface area contributed by atoms with Crippen LogP contribution in [0.4, 0.5) is 4.39 Å². The van der Waals surface area contributed by atoms with E-state index in [2.05, 4.69) is 4.72 Å². The Morgan fingerprint density at radius 3 is 2.60 bits per heavy atom. The van der Waals surface area contributed by atoms with Gasteiger partial charge in [0.1, 0.15) is 5.82 Å². The summed E-state index contributed by atoms with van der Waals surface area (Å²) in [6.07, 6.45) is 0. The zero-order valence-corrected chi connectivity index (χ0v) is 11.2. The van der Waals surface area contributed by atoms with Crippen LogP contribution in [0.1, 0.15) is 11.1 Å². The minimum absolute atomic E-state index is 0.0205. The van der Waals surface area contributed by atoms with Gasteiger partial charge in [-0.05, 0) is 24.3 Å². The molecule has 0 atom stereocenters. The van der Waals surface area contributed by atoms with Gasteiger partial charge in [0.15, 0.2) is 0 Å². The number of halogens is 1. The van der Waals surface area contributed by atoms with E-state index in [1.165, 1.54) is 42.5 Å². The van der Waals surface area contributed by atoms with Gasteiger partial charge in [0, 0.05) is 12.1 Å². The second-order valence-electron chi connectivity index (χ2n) is 4.06. The molecule has 4 nitrogen and oxygen atoms in total. The van der Waals surface area contributed by atoms with Gasteiger partial charge in [0.05, 0.1) is 16.5 Å². The normalized spacial score (nSPS) is 11.0. The minimum atomic E-state index is -3.78. The molecule has 2 aromatic rings. The molecule has 102 valence electrons. The van der Waals surface area contributed by atoms with E-state index in [4.69, 9.17) is 5.26 Å². The number of sulfonamides is 1. The lowest BCUT2D eigenvalue weighted by Crippen LogP contribution is -2.23. The van der Waals surface area contributed by atoms with Crippen molar-refractivity contribution in [3.63, 3.8) is 0 Å². The summed E-state index contributed by atoms with van der Waals surface area (Å²) in [6.45, 7) is -0.147. The molecule has 0 heterocycles. The van der Waals surface area contributed by atoms with Gasteiger partial charge in [-0.2, -0.15) is 5.26 Å². The Bertz CT molecular complexity index is 767. The molecule has 0 aliphatic carbocycles. The molecule has 0 radical (unpaired) electrons. The fraction of sp³-hybridized carbons (Fsp3) is 0.0714. The summed E-state index contributed by atoms with van der Waals surface area (Å²) in [5, 5.41) is 8.76. The molecule has 0 saturated carbocycles. The van der Waals surface area contributed by atoms with Gasteiger partial charge >= 0.3 is 0 Å². The summed E-state index contributed by atoms with van der Waals surface area (Å²) >= 11 is 0. The highest BCUT2D eigenvalue weighted by Crippen LogP contribution is 2.12. The molecular formula is C14H11FN2O2S. The van der Waals surface area contributed by atoms with Crippen molar-refractivity contribution in [2.75, 3.05) is 0 Å². The fourth-order valence-electron chi connectivity index (χ4n) is 1.63. The highest BCUT2D eigenvalue weighted by Gasteiger charge is 2.14. The maximum atomic E-state index is 13.4. The molecule has 0 bridgehead atoms. The van der Waals surface area contributed by atoms with E-state index >= 15 is 0 Å². The van der Waals surface area contributed by atoms with Crippen LogP contribution >= 0.6 is 0 Å². The van der Waals surface area contributed by atoms with Crippen LogP contribution in [-0.2, 0) is 16.6 Å². The van der Waals surface area contributed by atoms with Crippen LogP contribution in [0.2, 0.25) is 0 Å². The van der Waals surface area contributed by atoms with Crippen molar-refractivity contribution < 1.29 is 12.8 Å². The van der Waals surface area contributed by atoms with Crippen LogP contribution in [0.3, 0.4) is 0 Å². The van der Waals surface area contributed by atoms with Gasteiger partial charge in [-0.25, -0.2) is 17.5 Å². The van der Waals surface area contributed by atoms with Crippen LogP contribution in [0, 0.1) is 17.1 Å². The maximum Gasteiger partial charge on any atom is 0.240 e. The first-order valence-electron chi connectivity index (χ1n) is 5.76. The zero-order chi connectivity index (χ0) is 14.6. The Hall–Kier alpha value is -2.23. The lowest BCUT2D eigenvalue weighted by Gasteiger charge is -2.07. The monoisotopic (exact) mass is 290 g/mol. The van der Waals surface area contributed by atoms with Crippen LogP contribution in [0.5, 0.6) is 0 Å². The van der Waals surface area contributed by atoms with Gasteiger partial charge in [-0.15, -0.1) is 0 Å². The number of hydrogen-bond donors (Lipinski definition) is 1. The molecule has 1 N–H and O–H groups in total. The molecule has 0 saturated heterocycles. The van der Waals surface area contributed by atoms with Gasteiger partial charge < -0.3 is 0 Å². The van der Waals surface area contributed by atoms with E-state index in [-0.39, 0.29) is 22.6 Å². The molecule has 0 aliphatic rings. The van der Waals surface area contributed by atoms with Crippen LogP contribution in [0.25, 0.3) is 0 Å². The largest absolute Gasteiger partial charge is 0.240 e. The Kier molecular flexibility index (Phi) is 4.13. The van der Waals surface area contributed by atoms with Crippen molar-refractivity contribution in [1.29, 1.82) is 5.26 Å². The second-order valence-corrected chi connectivity index (χ2v) is 5.82. The van der Waals surface area contributed by atoms with Gasteiger partial charge in [-0.3, -0.25) is 0 Å². The van der Waals surface area contributed by atoms with Crippen LogP contribution in [-0.4, -0.2) is 8.42 Å². The number of nitriles is 1. The van der Waals surface area contributed by atoms with E-state index in [9.17, 15) is 12.8 Å². The Morgan fingerprint density at radius 2 is 1.90 bits per heavy atom. The van der Waals surface area contributed by atoms with Crippen LogP contribution in [0.15, 0.2) is 53.4 Å². The lowest BCUT2D eigenvalue weighted by molar-refractivity contribution is 0.574. The number of hydrogen-bond acceptors (Lipinski definition) is 3. The standard InChI is InChI=1S/C14H11FN2O2S/c15-14-7-2-1-5-12(14)10-17-20(18,19)13-6-3-4-11(8-13)9-16/h1-8,17H,10H2. The Morgan fingerprint density at radius 1 is 1.15 bits per heavy atom. The predicted octanol–water partition coefficient (Wildman–Crippen LogP) is 2.18. The molecule has 6 heteroatoms. The highest BCUT2D eigenvalue weighted by atomic mass is 32.2. The molecule has 0 spiro atoms. The summed E-state index contributed by atoms with van der Waals surface area (Å²) in [7, 11) is -3.78. The lowest BCUT2D eigenvalue weighted by atomic mass is 10.2. The molecule has 0 aliphatic heterocycles. The van der Waals surface area contributed by atoms with Crippen molar-refractivity contribution in [2.45, 2.75) is 11.4 Å². The summed E-state index contributed by atoms with van der Waals surface area (Å²) in [5.74, 6) is -0.471. The third-order valence-corrected chi connectivity index (χ3v) is 4.08. The third-order valence-electron chi connectivity index (χ3n) is 2.68. The zero-order valence-electron chi connectivity index (χ0n) is 10.4. The van der Waals surface area contributed by atoms with Gasteiger partial charge in [0.2, 0.25) is 10.0 Å². The average Bonchev–Trinajstić information content (AvgIpc) is 2.46. The second kappa shape index (κ2) is 5.82. The van der Waals surface area contributed by atoms with Crippen molar-refractivity contribution in [2.24, 2.45) is 0 Å². The molecular weight excluding hydrogens is 279 g/mol. The average molecular weight is 290 g/mol. The number of rotatable bonds is 4. The first-order chi connectivity index (χ1) is 9.53. The molecule has 0 amide bonds. The first-order valence-corrected chi connectivity index (χ1v) is 7.24. The topological polar surface area (TPSA) is 70.0 Å². The summed E-state index contributed by atoms with van der Waals surface area (Å²) in [4.78, 5) is -0.0205.